The fourth-order valence-corrected chi connectivity index (χ4v) is 4.26. The number of nitrogens with zero attached hydrogens (tertiary/aromatic N) is 2. The Labute approximate surface area is 195 Å². The van der Waals surface area contributed by atoms with Gasteiger partial charge in [0, 0.05) is 44.2 Å². The highest BCUT2D eigenvalue weighted by molar-refractivity contribution is 6.36. The predicted octanol–water partition coefficient (Wildman–Crippen LogP) is 3.91. The normalized spacial score (nSPS) is 16.2. The summed E-state index contributed by atoms with van der Waals surface area (Å²) in [6.07, 6.45) is 3.03. The molecule has 0 bridgehead atoms. The third-order valence-electron chi connectivity index (χ3n) is 6.03. The van der Waals surface area contributed by atoms with Gasteiger partial charge in [-0.15, -0.1) is 0 Å². The molecule has 2 heterocycles. The van der Waals surface area contributed by atoms with Crippen LogP contribution in [0.2, 0.25) is 0 Å². The van der Waals surface area contributed by atoms with Crippen LogP contribution in [0.15, 0.2) is 54.2 Å². The molecule has 0 radical (unpaired) electrons. The Morgan fingerprint density at radius 3 is 2.27 bits per heavy atom. The molecule has 174 valence electrons. The molecular formula is C26H31N3O4. The van der Waals surface area contributed by atoms with Gasteiger partial charge in [-0.2, -0.15) is 0 Å². The second-order valence-corrected chi connectivity index (χ2v) is 8.16. The largest absolute Gasteiger partial charge is 0.497 e. The van der Waals surface area contributed by atoms with Gasteiger partial charge >= 0.3 is 0 Å². The Balaban J connectivity index is 1.60. The van der Waals surface area contributed by atoms with Crippen molar-refractivity contribution in [1.29, 1.82) is 0 Å². The lowest BCUT2D eigenvalue weighted by Gasteiger charge is -2.18. The number of carbonyl (C=O) groups is 2. The molecule has 2 aliphatic heterocycles. The van der Waals surface area contributed by atoms with E-state index in [1.165, 1.54) is 23.4 Å². The minimum absolute atomic E-state index is 0.294. The van der Waals surface area contributed by atoms with Gasteiger partial charge in [0.05, 0.1) is 12.7 Å². The molecule has 0 unspecified atom stereocenters. The molecule has 2 amide bonds. The first-order chi connectivity index (χ1) is 16.1. The zero-order valence-corrected chi connectivity index (χ0v) is 19.3. The summed E-state index contributed by atoms with van der Waals surface area (Å²) >= 11 is 0. The van der Waals surface area contributed by atoms with Crippen molar-refractivity contribution in [2.24, 2.45) is 0 Å². The van der Waals surface area contributed by atoms with Crippen LogP contribution in [0.5, 0.6) is 5.75 Å². The van der Waals surface area contributed by atoms with Crippen molar-refractivity contribution in [1.82, 2.24) is 4.90 Å². The van der Waals surface area contributed by atoms with Gasteiger partial charge in [-0.05, 0) is 68.1 Å². The van der Waals surface area contributed by atoms with Crippen LogP contribution in [0.25, 0.3) is 5.57 Å². The summed E-state index contributed by atoms with van der Waals surface area (Å²) in [7, 11) is 1.59. The van der Waals surface area contributed by atoms with Crippen molar-refractivity contribution in [2.75, 3.05) is 50.2 Å². The van der Waals surface area contributed by atoms with Crippen LogP contribution in [0.3, 0.4) is 0 Å². The first kappa shape index (κ1) is 22.9. The van der Waals surface area contributed by atoms with Gasteiger partial charge in [0.2, 0.25) is 0 Å². The zero-order valence-electron chi connectivity index (χ0n) is 19.3. The number of ether oxygens (including phenoxy) is 2. The Morgan fingerprint density at radius 1 is 0.939 bits per heavy atom. The number of imide groups is 1. The van der Waals surface area contributed by atoms with Gasteiger partial charge in [0.25, 0.3) is 11.8 Å². The quantitative estimate of drug-likeness (QED) is 0.438. The Kier molecular flexibility index (Phi) is 7.29. The first-order valence-electron chi connectivity index (χ1n) is 11.6. The molecule has 0 spiro atoms. The molecule has 0 saturated carbocycles. The molecule has 0 aromatic heterocycles. The summed E-state index contributed by atoms with van der Waals surface area (Å²) in [5, 5.41) is 3.23. The summed E-state index contributed by atoms with van der Waals surface area (Å²) in [4.78, 5) is 30.2. The van der Waals surface area contributed by atoms with E-state index in [0.717, 1.165) is 18.8 Å². The van der Waals surface area contributed by atoms with Crippen LogP contribution in [0.1, 0.15) is 31.7 Å². The molecule has 1 fully saturated rings. The number of amides is 2. The lowest BCUT2D eigenvalue weighted by atomic mass is 10.0. The molecule has 0 aliphatic carbocycles. The first-order valence-corrected chi connectivity index (χ1v) is 11.6. The highest BCUT2D eigenvalue weighted by Crippen LogP contribution is 2.32. The van der Waals surface area contributed by atoms with Gasteiger partial charge in [-0.3, -0.25) is 14.5 Å². The fourth-order valence-electron chi connectivity index (χ4n) is 4.26. The number of nitrogens with one attached hydrogen (secondary N) is 1. The van der Waals surface area contributed by atoms with Crippen molar-refractivity contribution >= 4 is 28.8 Å². The molecule has 7 heteroatoms. The molecule has 2 aromatic rings. The maximum atomic E-state index is 13.3. The standard InChI is InChI=1S/C26H31N3O4/c1-3-33-18-6-17-29-25(30)23(19-7-13-22(32-2)14-8-19)24(26(29)31)27-20-9-11-21(12-10-20)28-15-4-5-16-28/h7-14,27H,3-6,15-18H2,1-2H3. The van der Waals surface area contributed by atoms with E-state index in [1.807, 2.05) is 19.1 Å². The molecule has 33 heavy (non-hydrogen) atoms. The summed E-state index contributed by atoms with van der Waals surface area (Å²) in [5.41, 5.74) is 3.31. The highest BCUT2D eigenvalue weighted by atomic mass is 16.5. The zero-order chi connectivity index (χ0) is 23.2. The van der Waals surface area contributed by atoms with Crippen LogP contribution in [-0.2, 0) is 14.3 Å². The van der Waals surface area contributed by atoms with Crippen LogP contribution >= 0.6 is 0 Å². The number of anilines is 2. The van der Waals surface area contributed by atoms with E-state index in [-0.39, 0.29) is 11.8 Å². The van der Waals surface area contributed by atoms with Crippen molar-refractivity contribution in [3.05, 3.63) is 59.8 Å². The second-order valence-electron chi connectivity index (χ2n) is 8.16. The monoisotopic (exact) mass is 449 g/mol. The smallest absolute Gasteiger partial charge is 0.278 e. The van der Waals surface area contributed by atoms with E-state index in [9.17, 15) is 9.59 Å². The number of methoxy groups -OCH3 is 1. The van der Waals surface area contributed by atoms with Gasteiger partial charge in [0.1, 0.15) is 11.4 Å². The average molecular weight is 450 g/mol. The number of hydrogen-bond acceptors (Lipinski definition) is 6. The lowest BCUT2D eigenvalue weighted by Crippen LogP contribution is -2.34. The van der Waals surface area contributed by atoms with Crippen molar-refractivity contribution in [3.8, 4) is 5.75 Å². The van der Waals surface area contributed by atoms with Crippen molar-refractivity contribution in [2.45, 2.75) is 26.2 Å². The van der Waals surface area contributed by atoms with E-state index in [2.05, 4.69) is 22.3 Å². The second kappa shape index (κ2) is 10.5. The van der Waals surface area contributed by atoms with Gasteiger partial charge in [-0.25, -0.2) is 0 Å². The van der Waals surface area contributed by atoms with E-state index in [4.69, 9.17) is 9.47 Å². The topological polar surface area (TPSA) is 71.1 Å². The lowest BCUT2D eigenvalue weighted by molar-refractivity contribution is -0.137. The fraction of sp³-hybridized carbons (Fsp3) is 0.385. The van der Waals surface area contributed by atoms with Crippen LogP contribution in [0, 0.1) is 0 Å². The van der Waals surface area contributed by atoms with E-state index >= 15 is 0 Å². The van der Waals surface area contributed by atoms with E-state index < -0.39 is 0 Å². The van der Waals surface area contributed by atoms with Crippen molar-refractivity contribution < 1.29 is 19.1 Å². The minimum atomic E-state index is -0.314. The maximum Gasteiger partial charge on any atom is 0.278 e. The maximum absolute atomic E-state index is 13.3. The highest BCUT2D eigenvalue weighted by Gasteiger charge is 2.38. The molecule has 7 nitrogen and oxygen atoms in total. The van der Waals surface area contributed by atoms with Gasteiger partial charge < -0.3 is 19.7 Å². The third kappa shape index (κ3) is 5.03. The Bertz CT molecular complexity index is 1010. The van der Waals surface area contributed by atoms with Crippen LogP contribution < -0.4 is 15.0 Å². The molecule has 2 aromatic carbocycles. The van der Waals surface area contributed by atoms with Crippen LogP contribution in [0.4, 0.5) is 11.4 Å². The number of carbonyl (C=O) groups excluding carboxylic acids is 2. The Hall–Kier alpha value is -3.32. The molecular weight excluding hydrogens is 418 g/mol. The van der Waals surface area contributed by atoms with E-state index in [0.29, 0.717) is 48.8 Å². The third-order valence-corrected chi connectivity index (χ3v) is 6.03. The number of benzene rings is 2. The van der Waals surface area contributed by atoms with E-state index in [1.54, 1.807) is 31.4 Å². The number of rotatable bonds is 10. The van der Waals surface area contributed by atoms with Gasteiger partial charge in [-0.1, -0.05) is 12.1 Å². The molecule has 4 rings (SSSR count). The SMILES string of the molecule is CCOCCCN1C(=O)C(Nc2ccc(N3CCCC3)cc2)=C(c2ccc(OC)cc2)C1=O. The summed E-state index contributed by atoms with van der Waals surface area (Å²) < 4.78 is 10.6. The minimum Gasteiger partial charge on any atom is -0.497 e. The molecule has 1 N–H and O–H groups in total. The van der Waals surface area contributed by atoms with Gasteiger partial charge in [0.15, 0.2) is 0 Å². The predicted molar refractivity (Wildman–Crippen MR) is 129 cm³/mol. The molecule has 2 aliphatic rings. The van der Waals surface area contributed by atoms with Crippen LogP contribution in [-0.4, -0.2) is 56.7 Å². The summed E-state index contributed by atoms with van der Waals surface area (Å²) in [5.74, 6) is 0.0838. The summed E-state index contributed by atoms with van der Waals surface area (Å²) in [6.45, 7) is 5.50. The molecule has 1 saturated heterocycles. The summed E-state index contributed by atoms with van der Waals surface area (Å²) in [6, 6.07) is 15.2. The Morgan fingerprint density at radius 2 is 1.64 bits per heavy atom. The average Bonchev–Trinajstić information content (AvgIpc) is 3.46. The molecule has 0 atom stereocenters. The number of hydrogen-bond donors (Lipinski definition) is 1. The van der Waals surface area contributed by atoms with Crippen molar-refractivity contribution in [3.63, 3.8) is 0 Å².